The number of fused-ring (bicyclic) bond motifs is 1. The fourth-order valence-corrected chi connectivity index (χ4v) is 4.91. The van der Waals surface area contributed by atoms with Crippen molar-refractivity contribution in [3.8, 4) is 17.2 Å². The second kappa shape index (κ2) is 6.95. The van der Waals surface area contributed by atoms with Crippen molar-refractivity contribution in [1.29, 1.82) is 5.26 Å². The molecular weight excluding hydrogens is 352 g/mol. The highest BCUT2D eigenvalue weighted by molar-refractivity contribution is 7.97. The fraction of sp³-hybridized carbons (Fsp3) is 0.318. The first-order chi connectivity index (χ1) is 13.3. The van der Waals surface area contributed by atoms with Crippen LogP contribution < -0.4 is 21.1 Å². The second-order valence-electron chi connectivity index (χ2n) is 7.47. The second-order valence-corrected chi connectivity index (χ2v) is 8.86. The van der Waals surface area contributed by atoms with E-state index in [9.17, 15) is 5.26 Å². The van der Waals surface area contributed by atoms with Crippen molar-refractivity contribution in [3.05, 3.63) is 52.4 Å². The Kier molecular flexibility index (Phi) is 4.31. The van der Waals surface area contributed by atoms with Gasteiger partial charge in [-0.05, 0) is 53.5 Å². The van der Waals surface area contributed by atoms with Gasteiger partial charge in [0.05, 0.1) is 17.7 Å². The summed E-state index contributed by atoms with van der Waals surface area (Å²) in [6, 6.07) is 15.0. The van der Waals surface area contributed by atoms with Gasteiger partial charge in [-0.25, -0.2) is 4.31 Å². The van der Waals surface area contributed by atoms with Crippen LogP contribution in [0.2, 0.25) is 0 Å². The highest BCUT2D eigenvalue weighted by Gasteiger charge is 2.33. The molecular formula is C22H22N4S. The number of benzene rings is 2. The summed E-state index contributed by atoms with van der Waals surface area (Å²) in [5.41, 5.74) is 4.12. The molecule has 1 saturated carbocycles. The molecule has 2 fully saturated rings. The van der Waals surface area contributed by atoms with E-state index >= 15 is 0 Å². The molecule has 0 atom stereocenters. The van der Waals surface area contributed by atoms with Crippen LogP contribution >= 0.6 is 11.9 Å². The van der Waals surface area contributed by atoms with E-state index in [1.165, 1.54) is 29.0 Å². The molecule has 3 aliphatic rings. The van der Waals surface area contributed by atoms with Crippen molar-refractivity contribution < 1.29 is 0 Å². The van der Waals surface area contributed by atoms with Gasteiger partial charge in [0.1, 0.15) is 0 Å². The van der Waals surface area contributed by atoms with Crippen molar-refractivity contribution in [2.75, 3.05) is 25.0 Å². The molecule has 2 N–H and O–H groups in total. The van der Waals surface area contributed by atoms with E-state index in [0.29, 0.717) is 11.6 Å². The molecule has 5 heteroatoms. The van der Waals surface area contributed by atoms with Gasteiger partial charge in [0.25, 0.3) is 0 Å². The molecule has 0 radical (unpaired) electrons. The van der Waals surface area contributed by atoms with E-state index in [4.69, 9.17) is 0 Å². The monoisotopic (exact) mass is 374 g/mol. The Balaban J connectivity index is 1.44. The Labute approximate surface area is 163 Å². The van der Waals surface area contributed by atoms with Gasteiger partial charge in [0, 0.05) is 42.0 Å². The maximum Gasteiger partial charge on any atom is 0.0991 e. The number of hydrogen-bond donors (Lipinski definition) is 2. The summed E-state index contributed by atoms with van der Waals surface area (Å²) in [7, 11) is 0. The van der Waals surface area contributed by atoms with Gasteiger partial charge in [-0.1, -0.05) is 30.2 Å². The van der Waals surface area contributed by atoms with Crippen LogP contribution in [0.15, 0.2) is 36.4 Å². The Bertz CT molecular complexity index is 1030. The van der Waals surface area contributed by atoms with Crippen LogP contribution in [0.3, 0.4) is 0 Å². The summed E-state index contributed by atoms with van der Waals surface area (Å²) < 4.78 is 2.48. The molecule has 27 heavy (non-hydrogen) atoms. The molecule has 2 heterocycles. The lowest BCUT2D eigenvalue weighted by molar-refractivity contribution is 0.309. The summed E-state index contributed by atoms with van der Waals surface area (Å²) in [5, 5.41) is 19.7. The Hall–Kier alpha value is -2.42. The molecule has 2 aromatic carbocycles. The van der Waals surface area contributed by atoms with Crippen molar-refractivity contribution >= 4 is 29.9 Å². The minimum Gasteiger partial charge on any atom is -0.387 e. The van der Waals surface area contributed by atoms with Crippen LogP contribution in [0.1, 0.15) is 18.4 Å². The minimum atomic E-state index is 0.497. The predicted molar refractivity (Wildman–Crippen MR) is 112 cm³/mol. The van der Waals surface area contributed by atoms with Crippen molar-refractivity contribution in [2.45, 2.75) is 24.1 Å². The average Bonchev–Trinajstić information content (AvgIpc) is 3.50. The van der Waals surface area contributed by atoms with Crippen LogP contribution in [0.4, 0.5) is 5.69 Å². The van der Waals surface area contributed by atoms with Crippen molar-refractivity contribution in [1.82, 2.24) is 9.62 Å². The third-order valence-electron chi connectivity index (χ3n) is 5.25. The SMILES string of the molecule is N#Cc1cccc(-c2cc(NC3CN(SC4CC4)C3)c3c(c2)=CCNC=3)c1. The highest BCUT2D eigenvalue weighted by Crippen LogP contribution is 2.38. The molecule has 5 rings (SSSR count). The molecule has 0 amide bonds. The van der Waals surface area contributed by atoms with Gasteiger partial charge in [-0.3, -0.25) is 0 Å². The van der Waals surface area contributed by atoms with Gasteiger partial charge in [-0.2, -0.15) is 5.26 Å². The summed E-state index contributed by atoms with van der Waals surface area (Å²) in [6.07, 6.45) is 7.11. The molecule has 2 aromatic rings. The maximum absolute atomic E-state index is 9.22. The smallest absolute Gasteiger partial charge is 0.0991 e. The third-order valence-corrected chi connectivity index (χ3v) is 6.62. The van der Waals surface area contributed by atoms with E-state index in [2.05, 4.69) is 51.5 Å². The summed E-state index contributed by atoms with van der Waals surface area (Å²) >= 11 is 2.04. The molecule has 0 bridgehead atoms. The number of nitrogens with one attached hydrogen (secondary N) is 2. The van der Waals surface area contributed by atoms with E-state index in [1.807, 2.05) is 30.1 Å². The zero-order valence-corrected chi connectivity index (χ0v) is 15.9. The van der Waals surface area contributed by atoms with Crippen LogP contribution in [0.5, 0.6) is 0 Å². The molecule has 1 aliphatic carbocycles. The fourth-order valence-electron chi connectivity index (χ4n) is 3.61. The zero-order chi connectivity index (χ0) is 18.2. The highest BCUT2D eigenvalue weighted by atomic mass is 32.2. The standard InChI is InChI=1S/C22H22N4S/c23-11-15-2-1-3-16(8-15)18-9-17-6-7-24-12-21(17)22(10-18)25-19-13-26(14-19)27-20-4-5-20/h1-3,6,8-10,12,19-20,24-25H,4-5,7,13-14H2. The zero-order valence-electron chi connectivity index (χ0n) is 15.1. The molecule has 2 aliphatic heterocycles. The van der Waals surface area contributed by atoms with E-state index in [-0.39, 0.29) is 0 Å². The van der Waals surface area contributed by atoms with Crippen LogP contribution in [0.25, 0.3) is 23.4 Å². The molecule has 4 nitrogen and oxygen atoms in total. The minimum absolute atomic E-state index is 0.497. The summed E-state index contributed by atoms with van der Waals surface area (Å²) in [5.74, 6) is 0. The van der Waals surface area contributed by atoms with Gasteiger partial charge in [0.15, 0.2) is 0 Å². The number of hydrogen-bond acceptors (Lipinski definition) is 5. The first-order valence-corrected chi connectivity index (χ1v) is 10.4. The summed E-state index contributed by atoms with van der Waals surface area (Å²) in [6.45, 7) is 3.05. The van der Waals surface area contributed by atoms with E-state index < -0.39 is 0 Å². The Morgan fingerprint density at radius 1 is 1.15 bits per heavy atom. The first-order valence-electron chi connectivity index (χ1n) is 9.55. The topological polar surface area (TPSA) is 51.1 Å². The number of nitrogens with zero attached hydrogens (tertiary/aromatic N) is 2. The average molecular weight is 375 g/mol. The lowest BCUT2D eigenvalue weighted by Gasteiger charge is -2.39. The molecule has 1 saturated heterocycles. The Morgan fingerprint density at radius 2 is 2.04 bits per heavy atom. The van der Waals surface area contributed by atoms with E-state index in [0.717, 1.165) is 36.0 Å². The third kappa shape index (κ3) is 3.55. The lowest BCUT2D eigenvalue weighted by atomic mass is 9.99. The Morgan fingerprint density at radius 3 is 2.85 bits per heavy atom. The van der Waals surface area contributed by atoms with Crippen LogP contribution in [-0.2, 0) is 0 Å². The molecule has 0 unspecified atom stereocenters. The predicted octanol–water partition coefficient (Wildman–Crippen LogP) is 2.25. The van der Waals surface area contributed by atoms with Gasteiger partial charge in [0.2, 0.25) is 0 Å². The van der Waals surface area contributed by atoms with Crippen molar-refractivity contribution in [3.63, 3.8) is 0 Å². The van der Waals surface area contributed by atoms with Crippen molar-refractivity contribution in [2.24, 2.45) is 0 Å². The molecule has 0 spiro atoms. The van der Waals surface area contributed by atoms with Gasteiger partial charge >= 0.3 is 0 Å². The lowest BCUT2D eigenvalue weighted by Crippen LogP contribution is -2.52. The normalized spacial score (nSPS) is 18.9. The van der Waals surface area contributed by atoms with Crippen LogP contribution in [0, 0.1) is 11.3 Å². The van der Waals surface area contributed by atoms with Crippen LogP contribution in [-0.4, -0.2) is 35.2 Å². The molecule has 136 valence electrons. The maximum atomic E-state index is 9.22. The largest absolute Gasteiger partial charge is 0.387 e. The van der Waals surface area contributed by atoms with E-state index in [1.54, 1.807) is 0 Å². The quantitative estimate of drug-likeness (QED) is 0.787. The number of anilines is 1. The number of rotatable bonds is 5. The van der Waals surface area contributed by atoms with Gasteiger partial charge in [-0.15, -0.1) is 0 Å². The number of nitriles is 1. The van der Waals surface area contributed by atoms with Gasteiger partial charge < -0.3 is 10.6 Å². The molecule has 0 aromatic heterocycles. The summed E-state index contributed by atoms with van der Waals surface area (Å²) in [4.78, 5) is 0. The first kappa shape index (κ1) is 16.7.